The highest BCUT2D eigenvalue weighted by molar-refractivity contribution is 14.1. The second-order valence-corrected chi connectivity index (χ2v) is 8.71. The van der Waals surface area contributed by atoms with Crippen molar-refractivity contribution in [2.75, 3.05) is 0 Å². The lowest BCUT2D eigenvalue weighted by Crippen LogP contribution is -2.23. The maximum atomic E-state index is 13.2. The van der Waals surface area contributed by atoms with Crippen molar-refractivity contribution in [3.8, 4) is 0 Å². The van der Waals surface area contributed by atoms with Crippen LogP contribution in [-0.2, 0) is 34.0 Å². The quantitative estimate of drug-likeness (QED) is 0.111. The van der Waals surface area contributed by atoms with Gasteiger partial charge in [0.05, 0.1) is 0 Å². The molecule has 1 heterocycles. The molecule has 0 radical (unpaired) electrons. The van der Waals surface area contributed by atoms with Crippen LogP contribution in [0.3, 0.4) is 0 Å². The molecule has 0 saturated carbocycles. The van der Waals surface area contributed by atoms with Crippen LogP contribution < -0.4 is 0 Å². The van der Waals surface area contributed by atoms with E-state index in [0.717, 1.165) is 16.7 Å². The van der Waals surface area contributed by atoms with E-state index in [1.165, 1.54) is 0 Å². The molecule has 3 aromatic carbocycles. The Morgan fingerprint density at radius 3 is 1.22 bits per heavy atom. The summed E-state index contributed by atoms with van der Waals surface area (Å²) in [5.74, 6) is -2.74. The fourth-order valence-electron chi connectivity index (χ4n) is 3.30. The van der Waals surface area contributed by atoms with E-state index in [1.54, 1.807) is 71.1 Å². The van der Waals surface area contributed by atoms with Crippen molar-refractivity contribution in [1.82, 2.24) is 9.97 Å². The van der Waals surface area contributed by atoms with Crippen molar-refractivity contribution in [3.05, 3.63) is 128 Å². The zero-order valence-electron chi connectivity index (χ0n) is 19.5. The SMILES string of the molecule is O=C(OCc1ccccc1)c1nc(I)nc(C(=O)OCc2ccccc2)c1C(=O)OCc1ccccc1. The van der Waals surface area contributed by atoms with Crippen LogP contribution in [0.1, 0.15) is 48.0 Å². The van der Waals surface area contributed by atoms with E-state index in [0.29, 0.717) is 0 Å². The molecule has 0 atom stereocenters. The molecule has 0 aliphatic carbocycles. The van der Waals surface area contributed by atoms with Gasteiger partial charge in [-0.3, -0.25) is 0 Å². The van der Waals surface area contributed by atoms with Crippen LogP contribution in [0.25, 0.3) is 0 Å². The van der Waals surface area contributed by atoms with Crippen LogP contribution in [0.5, 0.6) is 0 Å². The van der Waals surface area contributed by atoms with Crippen molar-refractivity contribution >= 4 is 40.5 Å². The highest BCUT2D eigenvalue weighted by atomic mass is 127. The Morgan fingerprint density at radius 2 is 0.865 bits per heavy atom. The predicted octanol–water partition coefficient (Wildman–Crippen LogP) is 5.15. The van der Waals surface area contributed by atoms with Gasteiger partial charge in [-0.05, 0) is 16.7 Å². The number of esters is 3. The fraction of sp³-hybridized carbons (Fsp3) is 0.107. The Morgan fingerprint density at radius 1 is 0.541 bits per heavy atom. The van der Waals surface area contributed by atoms with E-state index in [1.807, 2.05) is 42.5 Å². The van der Waals surface area contributed by atoms with E-state index in [4.69, 9.17) is 14.2 Å². The minimum atomic E-state index is -0.946. The molecular weight excluding hydrogens is 587 g/mol. The molecule has 0 aliphatic rings. The Hall–Kier alpha value is -4.12. The second-order valence-electron chi connectivity index (χ2n) is 7.75. The van der Waals surface area contributed by atoms with Crippen molar-refractivity contribution in [3.63, 3.8) is 0 Å². The normalized spacial score (nSPS) is 10.4. The number of carbonyl (C=O) groups excluding carboxylic acids is 3. The predicted molar refractivity (Wildman–Crippen MR) is 141 cm³/mol. The van der Waals surface area contributed by atoms with Gasteiger partial charge in [0.1, 0.15) is 25.4 Å². The minimum Gasteiger partial charge on any atom is -0.457 e. The van der Waals surface area contributed by atoms with Gasteiger partial charge in [0.2, 0.25) is 0 Å². The molecule has 0 unspecified atom stereocenters. The molecule has 0 saturated heterocycles. The van der Waals surface area contributed by atoms with Crippen LogP contribution in [0.2, 0.25) is 0 Å². The second kappa shape index (κ2) is 12.7. The number of ether oxygens (including phenoxy) is 3. The summed E-state index contributed by atoms with van der Waals surface area (Å²) in [5.41, 5.74) is 1.06. The average molecular weight is 608 g/mol. The van der Waals surface area contributed by atoms with E-state index in [2.05, 4.69) is 9.97 Å². The van der Waals surface area contributed by atoms with Crippen molar-refractivity contribution in [1.29, 1.82) is 0 Å². The van der Waals surface area contributed by atoms with Crippen LogP contribution in [-0.4, -0.2) is 27.9 Å². The first kappa shape index (κ1) is 26.0. The molecule has 37 heavy (non-hydrogen) atoms. The molecule has 4 rings (SSSR count). The first-order chi connectivity index (χ1) is 18.0. The maximum absolute atomic E-state index is 13.2. The van der Waals surface area contributed by atoms with E-state index < -0.39 is 23.5 Å². The van der Waals surface area contributed by atoms with Gasteiger partial charge in [-0.25, -0.2) is 24.4 Å². The number of aromatic nitrogens is 2. The number of benzene rings is 3. The highest BCUT2D eigenvalue weighted by Crippen LogP contribution is 2.19. The smallest absolute Gasteiger partial charge is 0.358 e. The van der Waals surface area contributed by atoms with Gasteiger partial charge < -0.3 is 14.2 Å². The summed E-state index contributed by atoms with van der Waals surface area (Å²) >= 11 is 1.76. The third kappa shape index (κ3) is 7.20. The molecule has 0 N–H and O–H groups in total. The third-order valence-corrected chi connectivity index (χ3v) is 5.59. The summed E-state index contributed by atoms with van der Waals surface area (Å²) in [4.78, 5) is 47.5. The Labute approximate surface area is 226 Å². The lowest BCUT2D eigenvalue weighted by Gasteiger charge is -2.13. The van der Waals surface area contributed by atoms with Gasteiger partial charge >= 0.3 is 17.9 Å². The van der Waals surface area contributed by atoms with Gasteiger partial charge in [-0.2, -0.15) is 0 Å². The standard InChI is InChI=1S/C28H21IN2O6/c29-28-30-23(26(33)36-17-20-12-6-2-7-13-20)22(25(32)35-16-19-10-4-1-5-11-19)24(31-28)27(34)37-18-21-14-8-3-9-15-21/h1-15H,16-18H2. The first-order valence-electron chi connectivity index (χ1n) is 11.2. The zero-order valence-corrected chi connectivity index (χ0v) is 21.7. The van der Waals surface area contributed by atoms with E-state index in [-0.39, 0.29) is 35.0 Å². The summed E-state index contributed by atoms with van der Waals surface area (Å²) in [5, 5.41) is 0. The molecule has 1 aromatic heterocycles. The van der Waals surface area contributed by atoms with Gasteiger partial charge in [-0.1, -0.05) is 91.0 Å². The van der Waals surface area contributed by atoms with Crippen LogP contribution in [0.15, 0.2) is 91.0 Å². The molecule has 4 aromatic rings. The lowest BCUT2D eigenvalue weighted by molar-refractivity contribution is 0.0395. The number of nitrogens with zero attached hydrogens (tertiary/aromatic N) is 2. The molecule has 186 valence electrons. The van der Waals surface area contributed by atoms with Crippen LogP contribution in [0.4, 0.5) is 0 Å². The Bertz CT molecular complexity index is 1310. The summed E-state index contributed by atoms with van der Waals surface area (Å²) in [7, 11) is 0. The molecule has 9 heteroatoms. The van der Waals surface area contributed by atoms with Crippen LogP contribution in [0, 0.1) is 3.83 Å². The van der Waals surface area contributed by atoms with Gasteiger partial charge in [0.25, 0.3) is 0 Å². The number of hydrogen-bond donors (Lipinski definition) is 0. The number of rotatable bonds is 9. The van der Waals surface area contributed by atoms with Crippen molar-refractivity contribution in [2.45, 2.75) is 19.8 Å². The zero-order chi connectivity index (χ0) is 26.0. The number of carbonyl (C=O) groups is 3. The maximum Gasteiger partial charge on any atom is 0.358 e. The van der Waals surface area contributed by atoms with Crippen molar-refractivity contribution < 1.29 is 28.6 Å². The number of halogens is 1. The molecule has 8 nitrogen and oxygen atoms in total. The summed E-state index contributed by atoms with van der Waals surface area (Å²) in [6.07, 6.45) is 0. The van der Waals surface area contributed by atoms with E-state index >= 15 is 0 Å². The van der Waals surface area contributed by atoms with Crippen molar-refractivity contribution in [2.24, 2.45) is 0 Å². The Kier molecular flexibility index (Phi) is 8.93. The molecule has 0 fully saturated rings. The third-order valence-electron chi connectivity index (χ3n) is 5.11. The first-order valence-corrected chi connectivity index (χ1v) is 12.3. The van der Waals surface area contributed by atoms with E-state index in [9.17, 15) is 14.4 Å². The largest absolute Gasteiger partial charge is 0.457 e. The number of hydrogen-bond acceptors (Lipinski definition) is 8. The highest BCUT2D eigenvalue weighted by Gasteiger charge is 2.31. The molecule has 0 aliphatic heterocycles. The fourth-order valence-corrected chi connectivity index (χ4v) is 3.78. The summed E-state index contributed by atoms with van der Waals surface area (Å²) < 4.78 is 16.3. The van der Waals surface area contributed by atoms with Gasteiger partial charge in [-0.15, -0.1) is 0 Å². The van der Waals surface area contributed by atoms with Gasteiger partial charge in [0, 0.05) is 22.6 Å². The topological polar surface area (TPSA) is 105 Å². The van der Waals surface area contributed by atoms with Crippen LogP contribution >= 0.6 is 22.6 Å². The minimum absolute atomic E-state index is 0.0491. The molecule has 0 amide bonds. The lowest BCUT2D eigenvalue weighted by atomic mass is 10.1. The van der Waals surface area contributed by atoms with Gasteiger partial charge in [0.15, 0.2) is 15.2 Å². The summed E-state index contributed by atoms with van der Waals surface area (Å²) in [6.45, 7) is -0.179. The average Bonchev–Trinajstić information content (AvgIpc) is 2.94. The Balaban J connectivity index is 1.63. The summed E-state index contributed by atoms with van der Waals surface area (Å²) in [6, 6.07) is 27.1. The molecule has 0 spiro atoms. The molecule has 0 bridgehead atoms. The molecular formula is C28H21IN2O6. The monoisotopic (exact) mass is 608 g/mol.